The summed E-state index contributed by atoms with van der Waals surface area (Å²) in [6, 6.07) is 0.772. The van der Waals surface area contributed by atoms with Gasteiger partial charge in [-0.05, 0) is 38.2 Å². The molecule has 3 nitrogen and oxygen atoms in total. The molecule has 0 amide bonds. The summed E-state index contributed by atoms with van der Waals surface area (Å²) in [5, 5.41) is 3.58. The van der Waals surface area contributed by atoms with E-state index in [2.05, 4.69) is 43.0 Å². The summed E-state index contributed by atoms with van der Waals surface area (Å²) in [6.07, 6.45) is 3.60. The van der Waals surface area contributed by atoms with Crippen LogP contribution in [0.15, 0.2) is 0 Å². The molecule has 1 heterocycles. The lowest BCUT2D eigenvalue weighted by atomic mass is 9.98. The lowest BCUT2D eigenvalue weighted by molar-refractivity contribution is 0.601. The molecule has 1 unspecified atom stereocenters. The summed E-state index contributed by atoms with van der Waals surface area (Å²) in [6.45, 7) is 9.63. The predicted molar refractivity (Wildman–Crippen MR) is 70.3 cm³/mol. The van der Waals surface area contributed by atoms with Crippen LogP contribution in [0.2, 0.25) is 0 Å². The average molecular weight is 233 g/mol. The quantitative estimate of drug-likeness (QED) is 0.849. The van der Waals surface area contributed by atoms with Crippen molar-refractivity contribution in [3.05, 3.63) is 22.8 Å². The Balaban J connectivity index is 2.12. The van der Waals surface area contributed by atoms with Crippen LogP contribution in [0.3, 0.4) is 0 Å². The van der Waals surface area contributed by atoms with Gasteiger partial charge in [0.2, 0.25) is 0 Å². The number of aromatic nitrogens is 2. The van der Waals surface area contributed by atoms with Crippen LogP contribution in [0, 0.1) is 13.8 Å². The summed E-state index contributed by atoms with van der Waals surface area (Å²) in [7, 11) is 0. The maximum absolute atomic E-state index is 4.58. The first-order valence-electron chi connectivity index (χ1n) is 6.69. The van der Waals surface area contributed by atoms with Crippen LogP contribution in [0.1, 0.15) is 55.4 Å². The van der Waals surface area contributed by atoms with Gasteiger partial charge in [-0.2, -0.15) is 0 Å². The van der Waals surface area contributed by atoms with Crippen LogP contribution >= 0.6 is 0 Å². The van der Waals surface area contributed by atoms with Crippen molar-refractivity contribution >= 4 is 0 Å². The van der Waals surface area contributed by atoms with E-state index in [1.54, 1.807) is 0 Å². The van der Waals surface area contributed by atoms with Gasteiger partial charge in [0.25, 0.3) is 0 Å². The molecular formula is C14H23N3. The summed E-state index contributed by atoms with van der Waals surface area (Å²) >= 11 is 0. The Labute approximate surface area is 104 Å². The molecule has 1 N–H and O–H groups in total. The first kappa shape index (κ1) is 12.5. The van der Waals surface area contributed by atoms with Crippen LogP contribution in [0.5, 0.6) is 0 Å². The van der Waals surface area contributed by atoms with Gasteiger partial charge in [-0.15, -0.1) is 0 Å². The number of hydrogen-bond acceptors (Lipinski definition) is 3. The summed E-state index contributed by atoms with van der Waals surface area (Å²) in [5.74, 6) is 1.47. The van der Waals surface area contributed by atoms with Crippen LogP contribution < -0.4 is 5.32 Å². The third-order valence-corrected chi connectivity index (χ3v) is 3.47. The molecule has 1 saturated carbocycles. The molecule has 0 spiro atoms. The first-order valence-corrected chi connectivity index (χ1v) is 6.69. The second-order valence-corrected chi connectivity index (χ2v) is 5.16. The Kier molecular flexibility index (Phi) is 3.77. The van der Waals surface area contributed by atoms with Crippen molar-refractivity contribution in [1.82, 2.24) is 15.3 Å². The Bertz CT molecular complexity index is 373. The van der Waals surface area contributed by atoms with Gasteiger partial charge in [0, 0.05) is 30.4 Å². The average Bonchev–Trinajstić information content (AvgIpc) is 3.09. The van der Waals surface area contributed by atoms with Gasteiger partial charge in [0.1, 0.15) is 5.82 Å². The molecule has 0 saturated heterocycles. The van der Waals surface area contributed by atoms with E-state index in [4.69, 9.17) is 0 Å². The van der Waals surface area contributed by atoms with Gasteiger partial charge in [0.15, 0.2) is 0 Å². The molecule has 1 fully saturated rings. The third kappa shape index (κ3) is 3.03. The minimum Gasteiger partial charge on any atom is -0.313 e. The number of hydrogen-bond donors (Lipinski definition) is 1. The zero-order chi connectivity index (χ0) is 12.4. The van der Waals surface area contributed by atoms with E-state index in [0.717, 1.165) is 36.2 Å². The van der Waals surface area contributed by atoms with Gasteiger partial charge in [0.05, 0.1) is 0 Å². The van der Waals surface area contributed by atoms with E-state index in [9.17, 15) is 0 Å². The van der Waals surface area contributed by atoms with Crippen molar-refractivity contribution in [1.29, 1.82) is 0 Å². The molecule has 1 aromatic rings. The van der Waals surface area contributed by atoms with Crippen LogP contribution in [0.25, 0.3) is 0 Å². The predicted octanol–water partition coefficient (Wildman–Crippen LogP) is 2.51. The normalized spacial score (nSPS) is 17.2. The third-order valence-electron chi connectivity index (χ3n) is 3.47. The van der Waals surface area contributed by atoms with E-state index in [1.165, 1.54) is 18.4 Å². The van der Waals surface area contributed by atoms with Gasteiger partial charge < -0.3 is 5.32 Å². The second kappa shape index (κ2) is 5.13. The standard InChI is InChI=1S/C14H23N3/c1-5-13-16-10(3)14(11(4)17-13)9(2)8-15-12-6-7-12/h9,12,15H,5-8H2,1-4H3. The fourth-order valence-corrected chi connectivity index (χ4v) is 2.40. The lowest BCUT2D eigenvalue weighted by Crippen LogP contribution is -2.23. The van der Waals surface area contributed by atoms with Crippen LogP contribution in [-0.2, 0) is 6.42 Å². The molecule has 1 atom stereocenters. The highest BCUT2D eigenvalue weighted by Gasteiger charge is 2.22. The lowest BCUT2D eigenvalue weighted by Gasteiger charge is -2.17. The Morgan fingerprint density at radius 2 is 1.82 bits per heavy atom. The topological polar surface area (TPSA) is 37.8 Å². The van der Waals surface area contributed by atoms with E-state index >= 15 is 0 Å². The largest absolute Gasteiger partial charge is 0.313 e. The molecule has 1 aromatic heterocycles. The van der Waals surface area contributed by atoms with Gasteiger partial charge in [-0.25, -0.2) is 9.97 Å². The Morgan fingerprint density at radius 3 is 2.29 bits per heavy atom. The molecular weight excluding hydrogens is 210 g/mol. The van der Waals surface area contributed by atoms with E-state index in [0.29, 0.717) is 5.92 Å². The SMILES string of the molecule is CCc1nc(C)c(C(C)CNC2CC2)c(C)n1. The maximum Gasteiger partial charge on any atom is 0.128 e. The first-order chi connectivity index (χ1) is 8.11. The smallest absolute Gasteiger partial charge is 0.128 e. The van der Waals surface area contributed by atoms with E-state index in [-0.39, 0.29) is 0 Å². The summed E-state index contributed by atoms with van der Waals surface area (Å²) in [5.41, 5.74) is 3.63. The zero-order valence-electron chi connectivity index (χ0n) is 11.4. The molecule has 1 aliphatic carbocycles. The van der Waals surface area contributed by atoms with Crippen molar-refractivity contribution < 1.29 is 0 Å². The molecule has 94 valence electrons. The number of nitrogens with one attached hydrogen (secondary N) is 1. The molecule has 0 aliphatic heterocycles. The van der Waals surface area contributed by atoms with Crippen LogP contribution in [0.4, 0.5) is 0 Å². The maximum atomic E-state index is 4.58. The summed E-state index contributed by atoms with van der Waals surface area (Å²) < 4.78 is 0. The molecule has 3 heteroatoms. The number of aryl methyl sites for hydroxylation is 3. The minimum atomic E-state index is 0.501. The minimum absolute atomic E-state index is 0.501. The molecule has 0 radical (unpaired) electrons. The van der Waals surface area contributed by atoms with Crippen molar-refractivity contribution in [2.75, 3.05) is 6.54 Å². The molecule has 0 aromatic carbocycles. The molecule has 17 heavy (non-hydrogen) atoms. The van der Waals surface area contributed by atoms with Crippen molar-refractivity contribution in [3.8, 4) is 0 Å². The highest BCUT2D eigenvalue weighted by atomic mass is 15.0. The van der Waals surface area contributed by atoms with E-state index in [1.807, 2.05) is 0 Å². The van der Waals surface area contributed by atoms with Crippen molar-refractivity contribution in [3.63, 3.8) is 0 Å². The monoisotopic (exact) mass is 233 g/mol. The zero-order valence-corrected chi connectivity index (χ0v) is 11.4. The Morgan fingerprint density at radius 1 is 1.24 bits per heavy atom. The molecule has 2 rings (SSSR count). The van der Waals surface area contributed by atoms with Gasteiger partial charge >= 0.3 is 0 Å². The van der Waals surface area contributed by atoms with Crippen molar-refractivity contribution in [2.24, 2.45) is 0 Å². The fraction of sp³-hybridized carbons (Fsp3) is 0.714. The fourth-order valence-electron chi connectivity index (χ4n) is 2.40. The highest BCUT2D eigenvalue weighted by molar-refractivity contribution is 5.28. The highest BCUT2D eigenvalue weighted by Crippen LogP contribution is 2.24. The van der Waals surface area contributed by atoms with Crippen LogP contribution in [-0.4, -0.2) is 22.6 Å². The van der Waals surface area contributed by atoms with Gasteiger partial charge in [-0.1, -0.05) is 13.8 Å². The number of rotatable bonds is 5. The van der Waals surface area contributed by atoms with E-state index < -0.39 is 0 Å². The molecule has 0 bridgehead atoms. The Hall–Kier alpha value is -0.960. The second-order valence-electron chi connectivity index (χ2n) is 5.16. The number of nitrogens with zero attached hydrogens (tertiary/aromatic N) is 2. The molecule has 1 aliphatic rings. The van der Waals surface area contributed by atoms with Crippen molar-refractivity contribution in [2.45, 2.75) is 58.9 Å². The van der Waals surface area contributed by atoms with Gasteiger partial charge in [-0.3, -0.25) is 0 Å². The summed E-state index contributed by atoms with van der Waals surface area (Å²) in [4.78, 5) is 9.15.